The minimum absolute atomic E-state index is 0.0725. The van der Waals surface area contributed by atoms with Gasteiger partial charge in [0.1, 0.15) is 0 Å². The number of aliphatic carboxylic acids is 1. The van der Waals surface area contributed by atoms with Gasteiger partial charge in [0.2, 0.25) is 5.91 Å². The number of nitrogens with zero attached hydrogens (tertiary/aromatic N) is 1. The average molecular weight is 266 g/mol. The second-order valence-electron chi connectivity index (χ2n) is 5.06. The number of piperidine rings is 1. The van der Waals surface area contributed by atoms with Crippen molar-refractivity contribution in [3.8, 4) is 12.3 Å². The van der Waals surface area contributed by atoms with E-state index >= 15 is 0 Å². The summed E-state index contributed by atoms with van der Waals surface area (Å²) >= 11 is 0. The molecular weight excluding hydrogens is 244 g/mol. The van der Waals surface area contributed by atoms with E-state index in [1.54, 1.807) is 4.90 Å². The molecule has 1 amide bonds. The topological polar surface area (TPSA) is 69.6 Å². The Balaban J connectivity index is 2.64. The van der Waals surface area contributed by atoms with Crippen molar-refractivity contribution in [2.24, 2.45) is 5.41 Å². The number of terminal acetylenes is 1. The van der Waals surface area contributed by atoms with Gasteiger partial charge < -0.3 is 10.0 Å². The second-order valence-corrected chi connectivity index (χ2v) is 5.06. The molecule has 0 saturated carbocycles. The summed E-state index contributed by atoms with van der Waals surface area (Å²) in [5.41, 5.74) is -0.769. The molecule has 5 nitrogen and oxygen atoms in total. The van der Waals surface area contributed by atoms with Crippen molar-refractivity contribution in [1.29, 1.82) is 0 Å². The standard InChI is InChI=1S/C14H22N2O3/c1-3-6-14(13(18)19)7-5-9-16(11-14)12(17)10-15-8-4-2/h2,15H,3,5-11H2,1H3,(H,18,19). The van der Waals surface area contributed by atoms with Crippen LogP contribution in [0.25, 0.3) is 0 Å². The molecule has 0 aromatic rings. The summed E-state index contributed by atoms with van der Waals surface area (Å²) in [6.45, 7) is 3.44. The second kappa shape index (κ2) is 7.15. The molecule has 1 aliphatic heterocycles. The van der Waals surface area contributed by atoms with E-state index in [4.69, 9.17) is 6.42 Å². The zero-order chi connectivity index (χ0) is 14.3. The number of nitrogens with one attached hydrogen (secondary N) is 1. The van der Waals surface area contributed by atoms with Crippen LogP contribution in [0.15, 0.2) is 0 Å². The van der Waals surface area contributed by atoms with Crippen molar-refractivity contribution in [3.63, 3.8) is 0 Å². The van der Waals surface area contributed by atoms with Crippen molar-refractivity contribution in [2.75, 3.05) is 26.2 Å². The van der Waals surface area contributed by atoms with Gasteiger partial charge in [-0.1, -0.05) is 19.3 Å². The van der Waals surface area contributed by atoms with E-state index in [0.717, 1.165) is 12.8 Å². The summed E-state index contributed by atoms with van der Waals surface area (Å²) in [6.07, 6.45) is 7.92. The molecule has 0 aromatic heterocycles. The fourth-order valence-corrected chi connectivity index (χ4v) is 2.66. The maximum absolute atomic E-state index is 12.0. The summed E-state index contributed by atoms with van der Waals surface area (Å²) in [7, 11) is 0. The van der Waals surface area contributed by atoms with Gasteiger partial charge in [0.15, 0.2) is 0 Å². The maximum atomic E-state index is 12.0. The minimum Gasteiger partial charge on any atom is -0.481 e. The van der Waals surface area contributed by atoms with E-state index in [9.17, 15) is 14.7 Å². The van der Waals surface area contributed by atoms with Gasteiger partial charge in [-0.15, -0.1) is 6.42 Å². The van der Waals surface area contributed by atoms with Crippen LogP contribution in [0.2, 0.25) is 0 Å². The van der Waals surface area contributed by atoms with Gasteiger partial charge in [0, 0.05) is 13.1 Å². The normalized spacial score (nSPS) is 22.8. The van der Waals surface area contributed by atoms with E-state index in [1.807, 2.05) is 6.92 Å². The first-order chi connectivity index (χ1) is 9.05. The molecule has 0 bridgehead atoms. The predicted octanol–water partition coefficient (Wildman–Crippen LogP) is 0.703. The van der Waals surface area contributed by atoms with Crippen molar-refractivity contribution >= 4 is 11.9 Å². The van der Waals surface area contributed by atoms with Gasteiger partial charge in [-0.3, -0.25) is 14.9 Å². The molecule has 0 radical (unpaired) electrons. The minimum atomic E-state index is -0.788. The monoisotopic (exact) mass is 266 g/mol. The van der Waals surface area contributed by atoms with E-state index < -0.39 is 11.4 Å². The number of carboxylic acid groups (broad SMARTS) is 1. The number of likely N-dealkylation sites (tertiary alicyclic amines) is 1. The molecule has 0 spiro atoms. The molecular formula is C14H22N2O3. The zero-order valence-electron chi connectivity index (χ0n) is 11.4. The van der Waals surface area contributed by atoms with Crippen LogP contribution in [0.3, 0.4) is 0 Å². The lowest BCUT2D eigenvalue weighted by Crippen LogP contribution is -2.51. The molecule has 1 saturated heterocycles. The van der Waals surface area contributed by atoms with Gasteiger partial charge in [0.05, 0.1) is 18.5 Å². The Morgan fingerprint density at radius 2 is 2.26 bits per heavy atom. The quantitative estimate of drug-likeness (QED) is 0.548. The number of rotatable bonds is 6. The number of carbonyl (C=O) groups is 2. The number of hydrogen-bond acceptors (Lipinski definition) is 3. The predicted molar refractivity (Wildman–Crippen MR) is 72.5 cm³/mol. The molecule has 5 heteroatoms. The number of carboxylic acids is 1. The molecule has 1 heterocycles. The SMILES string of the molecule is C#CCNCC(=O)N1CCCC(CCC)(C(=O)O)C1. The van der Waals surface area contributed by atoms with E-state index in [1.165, 1.54) is 0 Å². The lowest BCUT2D eigenvalue weighted by atomic mass is 9.76. The van der Waals surface area contributed by atoms with Crippen LogP contribution in [0, 0.1) is 17.8 Å². The van der Waals surface area contributed by atoms with E-state index in [0.29, 0.717) is 32.5 Å². The molecule has 1 atom stereocenters. The van der Waals surface area contributed by atoms with Crippen LogP contribution in [-0.2, 0) is 9.59 Å². The smallest absolute Gasteiger partial charge is 0.311 e. The molecule has 2 N–H and O–H groups in total. The molecule has 0 aromatic carbocycles. The highest BCUT2D eigenvalue weighted by Crippen LogP contribution is 2.35. The summed E-state index contributed by atoms with van der Waals surface area (Å²) in [5.74, 6) is 1.54. The van der Waals surface area contributed by atoms with Crippen LogP contribution in [0.4, 0.5) is 0 Å². The first kappa shape index (κ1) is 15.5. The lowest BCUT2D eigenvalue weighted by molar-refractivity contribution is -0.155. The highest BCUT2D eigenvalue weighted by Gasteiger charge is 2.42. The van der Waals surface area contributed by atoms with Crippen LogP contribution in [0.5, 0.6) is 0 Å². The zero-order valence-corrected chi connectivity index (χ0v) is 11.4. The Morgan fingerprint density at radius 1 is 1.53 bits per heavy atom. The Labute approximate surface area is 114 Å². The van der Waals surface area contributed by atoms with Crippen molar-refractivity contribution in [1.82, 2.24) is 10.2 Å². The Bertz CT molecular complexity index is 371. The van der Waals surface area contributed by atoms with Crippen molar-refractivity contribution in [3.05, 3.63) is 0 Å². The summed E-state index contributed by atoms with van der Waals surface area (Å²) in [6, 6.07) is 0. The third kappa shape index (κ3) is 3.97. The third-order valence-corrected chi connectivity index (χ3v) is 3.62. The van der Waals surface area contributed by atoms with Crippen molar-refractivity contribution in [2.45, 2.75) is 32.6 Å². The highest BCUT2D eigenvalue weighted by atomic mass is 16.4. The highest BCUT2D eigenvalue weighted by molar-refractivity contribution is 5.81. The lowest BCUT2D eigenvalue weighted by Gasteiger charge is -2.40. The summed E-state index contributed by atoms with van der Waals surface area (Å²) < 4.78 is 0. The molecule has 106 valence electrons. The Hall–Kier alpha value is -1.54. The molecule has 19 heavy (non-hydrogen) atoms. The first-order valence-corrected chi connectivity index (χ1v) is 6.71. The summed E-state index contributed by atoms with van der Waals surface area (Å²) in [5, 5.41) is 12.3. The van der Waals surface area contributed by atoms with Gasteiger partial charge >= 0.3 is 5.97 Å². The number of hydrogen-bond donors (Lipinski definition) is 2. The van der Waals surface area contributed by atoms with Crippen LogP contribution in [0.1, 0.15) is 32.6 Å². The molecule has 0 aliphatic carbocycles. The van der Waals surface area contributed by atoms with Gasteiger partial charge in [-0.25, -0.2) is 0 Å². The van der Waals surface area contributed by atoms with Gasteiger partial charge in [-0.2, -0.15) is 0 Å². The van der Waals surface area contributed by atoms with Crippen LogP contribution >= 0.6 is 0 Å². The molecule has 1 unspecified atom stereocenters. The fraction of sp³-hybridized carbons (Fsp3) is 0.714. The third-order valence-electron chi connectivity index (χ3n) is 3.62. The fourth-order valence-electron chi connectivity index (χ4n) is 2.66. The largest absolute Gasteiger partial charge is 0.481 e. The molecule has 1 rings (SSSR count). The molecule has 1 aliphatic rings. The Kier molecular flexibility index (Phi) is 5.84. The number of carbonyl (C=O) groups excluding carboxylic acids is 1. The van der Waals surface area contributed by atoms with Crippen molar-refractivity contribution < 1.29 is 14.7 Å². The number of amides is 1. The maximum Gasteiger partial charge on any atom is 0.311 e. The summed E-state index contributed by atoms with van der Waals surface area (Å²) in [4.78, 5) is 25.2. The Morgan fingerprint density at radius 3 is 2.84 bits per heavy atom. The van der Waals surface area contributed by atoms with Crippen LogP contribution < -0.4 is 5.32 Å². The average Bonchev–Trinajstić information content (AvgIpc) is 2.39. The first-order valence-electron chi connectivity index (χ1n) is 6.71. The van der Waals surface area contributed by atoms with E-state index in [2.05, 4.69) is 11.2 Å². The van der Waals surface area contributed by atoms with E-state index in [-0.39, 0.29) is 12.5 Å². The van der Waals surface area contributed by atoms with Gasteiger partial charge in [-0.05, 0) is 19.3 Å². The molecule has 1 fully saturated rings. The van der Waals surface area contributed by atoms with Gasteiger partial charge in [0.25, 0.3) is 0 Å². The van der Waals surface area contributed by atoms with Crippen LogP contribution in [-0.4, -0.2) is 48.1 Å².